The number of ether oxygens (including phenoxy) is 1. The summed E-state index contributed by atoms with van der Waals surface area (Å²) in [5.74, 6) is 0. The second-order valence-corrected chi connectivity index (χ2v) is 7.23. The lowest BCUT2D eigenvalue weighted by Gasteiger charge is -2.13. The third kappa shape index (κ3) is 4.66. The zero-order valence-electron chi connectivity index (χ0n) is 12.1. The van der Waals surface area contributed by atoms with Crippen LogP contribution in [0.1, 0.15) is 25.3 Å². The molecule has 0 aromatic heterocycles. The zero-order chi connectivity index (χ0) is 15.3. The van der Waals surface area contributed by atoms with Crippen molar-refractivity contribution in [3.05, 3.63) is 28.8 Å². The molecule has 1 atom stereocenters. The van der Waals surface area contributed by atoms with Gasteiger partial charge in [-0.25, -0.2) is 13.1 Å². The predicted octanol–water partition coefficient (Wildman–Crippen LogP) is 1.91. The Labute approximate surface area is 131 Å². The summed E-state index contributed by atoms with van der Waals surface area (Å²) >= 11 is 6.17. The Balaban J connectivity index is 2.07. The van der Waals surface area contributed by atoms with Crippen molar-refractivity contribution in [2.75, 3.05) is 19.8 Å². The Bertz CT molecular complexity index is 572. The van der Waals surface area contributed by atoms with Crippen LogP contribution >= 0.6 is 11.6 Å². The van der Waals surface area contributed by atoms with Gasteiger partial charge in [-0.15, -0.1) is 0 Å². The van der Waals surface area contributed by atoms with Crippen LogP contribution < -0.4 is 10.0 Å². The lowest BCUT2D eigenvalue weighted by atomic mass is 10.2. The lowest BCUT2D eigenvalue weighted by Crippen LogP contribution is -2.35. The molecule has 1 fully saturated rings. The smallest absolute Gasteiger partial charge is 0.240 e. The molecule has 7 heteroatoms. The van der Waals surface area contributed by atoms with Gasteiger partial charge in [-0.2, -0.15) is 0 Å². The molecular formula is C14H21ClN2O3S. The maximum absolute atomic E-state index is 12.3. The SMILES string of the molecule is CCCNCc1ccc(S(=O)(=O)NC2CCOC2)cc1Cl. The molecule has 1 aromatic carbocycles. The van der Waals surface area contributed by atoms with Gasteiger partial charge in [0, 0.05) is 24.2 Å². The summed E-state index contributed by atoms with van der Waals surface area (Å²) in [5, 5.41) is 3.71. The van der Waals surface area contributed by atoms with Crippen LogP contribution in [0, 0.1) is 0 Å². The number of hydrogen-bond acceptors (Lipinski definition) is 4. The first-order valence-electron chi connectivity index (χ1n) is 7.12. The molecule has 0 spiro atoms. The lowest BCUT2D eigenvalue weighted by molar-refractivity contribution is 0.192. The van der Waals surface area contributed by atoms with Crippen molar-refractivity contribution in [3.8, 4) is 0 Å². The highest BCUT2D eigenvalue weighted by Crippen LogP contribution is 2.21. The van der Waals surface area contributed by atoms with Gasteiger partial charge in [-0.05, 0) is 37.1 Å². The molecule has 0 radical (unpaired) electrons. The van der Waals surface area contributed by atoms with Gasteiger partial charge in [0.2, 0.25) is 10.0 Å². The zero-order valence-corrected chi connectivity index (χ0v) is 13.6. The van der Waals surface area contributed by atoms with Crippen molar-refractivity contribution >= 4 is 21.6 Å². The fraction of sp³-hybridized carbons (Fsp3) is 0.571. The second kappa shape index (κ2) is 7.56. The normalized spacial score (nSPS) is 19.0. The Morgan fingerprint density at radius 3 is 2.86 bits per heavy atom. The third-order valence-electron chi connectivity index (χ3n) is 3.33. The summed E-state index contributed by atoms with van der Waals surface area (Å²) < 4.78 is 32.4. The van der Waals surface area contributed by atoms with E-state index in [9.17, 15) is 8.42 Å². The minimum absolute atomic E-state index is 0.153. The quantitative estimate of drug-likeness (QED) is 0.748. The highest BCUT2D eigenvalue weighted by molar-refractivity contribution is 7.89. The van der Waals surface area contributed by atoms with E-state index in [2.05, 4.69) is 17.0 Å². The number of sulfonamides is 1. The van der Waals surface area contributed by atoms with E-state index in [1.807, 2.05) is 0 Å². The van der Waals surface area contributed by atoms with E-state index >= 15 is 0 Å². The summed E-state index contributed by atoms with van der Waals surface area (Å²) in [7, 11) is -3.54. The molecule has 0 aliphatic carbocycles. The predicted molar refractivity (Wildman–Crippen MR) is 83.0 cm³/mol. The molecular weight excluding hydrogens is 312 g/mol. The highest BCUT2D eigenvalue weighted by Gasteiger charge is 2.23. The van der Waals surface area contributed by atoms with E-state index in [4.69, 9.17) is 16.3 Å². The average Bonchev–Trinajstić information content (AvgIpc) is 2.93. The molecule has 2 N–H and O–H groups in total. The summed E-state index contributed by atoms with van der Waals surface area (Å²) in [6.45, 7) is 4.64. The second-order valence-electron chi connectivity index (χ2n) is 5.11. The average molecular weight is 333 g/mol. The molecule has 5 nitrogen and oxygen atoms in total. The van der Waals surface area contributed by atoms with E-state index < -0.39 is 10.0 Å². The summed E-state index contributed by atoms with van der Waals surface area (Å²) in [4.78, 5) is 0.193. The number of hydrogen-bond donors (Lipinski definition) is 2. The number of nitrogens with one attached hydrogen (secondary N) is 2. The molecule has 118 valence electrons. The van der Waals surface area contributed by atoms with Crippen LogP contribution in [0.4, 0.5) is 0 Å². The van der Waals surface area contributed by atoms with Gasteiger partial charge in [-0.1, -0.05) is 24.6 Å². The molecule has 2 rings (SSSR count). The van der Waals surface area contributed by atoms with Gasteiger partial charge in [0.25, 0.3) is 0 Å². The first-order valence-corrected chi connectivity index (χ1v) is 8.98. The largest absolute Gasteiger partial charge is 0.380 e. The molecule has 0 saturated carbocycles. The number of benzene rings is 1. The van der Waals surface area contributed by atoms with Gasteiger partial charge in [-0.3, -0.25) is 0 Å². The van der Waals surface area contributed by atoms with Crippen molar-refractivity contribution in [1.82, 2.24) is 10.0 Å². The Kier molecular flexibility index (Phi) is 6.01. The Hall–Kier alpha value is -0.660. The first-order chi connectivity index (χ1) is 10.0. The monoisotopic (exact) mass is 332 g/mol. The van der Waals surface area contributed by atoms with E-state index in [0.29, 0.717) is 31.2 Å². The number of halogens is 1. The van der Waals surface area contributed by atoms with Crippen LogP contribution in [-0.4, -0.2) is 34.2 Å². The van der Waals surface area contributed by atoms with Gasteiger partial charge in [0.15, 0.2) is 0 Å². The molecule has 0 bridgehead atoms. The minimum atomic E-state index is -3.54. The minimum Gasteiger partial charge on any atom is -0.380 e. The van der Waals surface area contributed by atoms with E-state index in [0.717, 1.165) is 18.5 Å². The Morgan fingerprint density at radius 2 is 2.24 bits per heavy atom. The van der Waals surface area contributed by atoms with Crippen LogP contribution in [0.15, 0.2) is 23.1 Å². The van der Waals surface area contributed by atoms with E-state index in [1.165, 1.54) is 6.07 Å². The van der Waals surface area contributed by atoms with Crippen molar-refractivity contribution in [3.63, 3.8) is 0 Å². The molecule has 1 aliphatic rings. The van der Waals surface area contributed by atoms with Crippen LogP contribution in [0.2, 0.25) is 5.02 Å². The fourth-order valence-corrected chi connectivity index (χ4v) is 3.75. The highest BCUT2D eigenvalue weighted by atomic mass is 35.5. The van der Waals surface area contributed by atoms with Crippen LogP contribution in [-0.2, 0) is 21.3 Å². The third-order valence-corrected chi connectivity index (χ3v) is 5.20. The molecule has 21 heavy (non-hydrogen) atoms. The molecule has 1 heterocycles. The molecule has 1 aromatic rings. The van der Waals surface area contributed by atoms with E-state index in [-0.39, 0.29) is 10.9 Å². The molecule has 0 amide bonds. The topological polar surface area (TPSA) is 67.4 Å². The standard InChI is InChI=1S/C14H21ClN2O3S/c1-2-6-16-9-11-3-4-13(8-14(11)15)21(18,19)17-12-5-7-20-10-12/h3-4,8,12,16-17H,2,5-7,9-10H2,1H3. The van der Waals surface area contributed by atoms with Crippen molar-refractivity contribution in [1.29, 1.82) is 0 Å². The fourth-order valence-electron chi connectivity index (χ4n) is 2.15. The summed E-state index contributed by atoms with van der Waals surface area (Å²) in [6.07, 6.45) is 1.74. The summed E-state index contributed by atoms with van der Waals surface area (Å²) in [5.41, 5.74) is 0.897. The molecule has 1 unspecified atom stereocenters. The molecule has 1 aliphatic heterocycles. The van der Waals surface area contributed by atoms with Gasteiger partial charge in [0.1, 0.15) is 0 Å². The van der Waals surface area contributed by atoms with Crippen LogP contribution in [0.3, 0.4) is 0 Å². The van der Waals surface area contributed by atoms with Gasteiger partial charge >= 0.3 is 0 Å². The number of rotatable bonds is 7. The van der Waals surface area contributed by atoms with Crippen molar-refractivity contribution in [2.45, 2.75) is 37.2 Å². The van der Waals surface area contributed by atoms with Crippen molar-refractivity contribution < 1.29 is 13.2 Å². The maximum Gasteiger partial charge on any atom is 0.240 e. The van der Waals surface area contributed by atoms with Crippen LogP contribution in [0.25, 0.3) is 0 Å². The summed E-state index contributed by atoms with van der Waals surface area (Å²) in [6, 6.07) is 4.69. The van der Waals surface area contributed by atoms with Crippen molar-refractivity contribution in [2.24, 2.45) is 0 Å². The Morgan fingerprint density at radius 1 is 1.43 bits per heavy atom. The van der Waals surface area contributed by atoms with Gasteiger partial charge in [0.05, 0.1) is 11.5 Å². The van der Waals surface area contributed by atoms with Crippen LogP contribution in [0.5, 0.6) is 0 Å². The maximum atomic E-state index is 12.3. The van der Waals surface area contributed by atoms with E-state index in [1.54, 1.807) is 12.1 Å². The van der Waals surface area contributed by atoms with Gasteiger partial charge < -0.3 is 10.1 Å². The first kappa shape index (κ1) is 16.7. The molecule has 1 saturated heterocycles.